The fourth-order valence-corrected chi connectivity index (χ4v) is 2.88. The molecule has 104 valence electrons. The van der Waals surface area contributed by atoms with Crippen LogP contribution in [0.25, 0.3) is 0 Å². The van der Waals surface area contributed by atoms with Gasteiger partial charge in [-0.25, -0.2) is 4.79 Å². The predicted molar refractivity (Wildman–Crippen MR) is 59.7 cm³/mol. The Balaban J connectivity index is 2.04. The van der Waals surface area contributed by atoms with Crippen molar-refractivity contribution in [2.45, 2.75) is 12.1 Å². The van der Waals surface area contributed by atoms with Crippen LogP contribution in [0, 0.1) is 0 Å². The number of rotatable bonds is 3. The molecule has 2 amide bonds. The molecule has 2 aliphatic heterocycles. The summed E-state index contributed by atoms with van der Waals surface area (Å²) < 4.78 is 34.6. The summed E-state index contributed by atoms with van der Waals surface area (Å²) in [6, 6.07) is -1.73. The number of H-pyrrole nitrogens is 1. The zero-order valence-electron chi connectivity index (χ0n) is 9.55. The first-order chi connectivity index (χ1) is 8.92. The molecule has 0 radical (unpaired) electrons. The van der Waals surface area contributed by atoms with Gasteiger partial charge in [0.05, 0.1) is 24.5 Å². The number of hydroxylamine groups is 2. The Kier molecular flexibility index (Phi) is 2.53. The minimum Gasteiger partial charge on any atom is -0.328 e. The van der Waals surface area contributed by atoms with Gasteiger partial charge in [-0.2, -0.15) is 18.6 Å². The van der Waals surface area contributed by atoms with Gasteiger partial charge in [-0.1, -0.05) is 0 Å². The second-order valence-electron chi connectivity index (χ2n) is 4.27. The Labute approximate surface area is 108 Å². The Bertz CT molecular complexity index is 627. The lowest BCUT2D eigenvalue weighted by molar-refractivity contribution is -0.0317. The molecule has 1 aromatic rings. The zero-order valence-corrected chi connectivity index (χ0v) is 10.4. The number of urea groups is 1. The SMILES string of the molecule is NCC1c2[nH]ncc2[C@H]2CN1C(=O)N2OS(=O)(=O)O. The number of hydrogen-bond donors (Lipinski definition) is 3. The van der Waals surface area contributed by atoms with Crippen LogP contribution < -0.4 is 5.73 Å². The summed E-state index contributed by atoms with van der Waals surface area (Å²) in [6.07, 6.45) is 1.49. The molecule has 0 aliphatic carbocycles. The van der Waals surface area contributed by atoms with E-state index in [9.17, 15) is 13.2 Å². The van der Waals surface area contributed by atoms with E-state index in [0.29, 0.717) is 16.3 Å². The van der Waals surface area contributed by atoms with E-state index in [0.717, 1.165) is 0 Å². The lowest BCUT2D eigenvalue weighted by Gasteiger charge is -2.28. The molecule has 2 bridgehead atoms. The first-order valence-corrected chi connectivity index (χ1v) is 6.79. The van der Waals surface area contributed by atoms with Crippen LogP contribution in [0.1, 0.15) is 23.3 Å². The van der Waals surface area contributed by atoms with E-state index >= 15 is 0 Å². The highest BCUT2D eigenvalue weighted by atomic mass is 32.3. The molecule has 11 heteroatoms. The van der Waals surface area contributed by atoms with Crippen LogP contribution in [-0.2, 0) is 14.7 Å². The average molecular weight is 289 g/mol. The number of fused-ring (bicyclic) bond motifs is 4. The minimum absolute atomic E-state index is 0.160. The van der Waals surface area contributed by atoms with Crippen molar-refractivity contribution < 1.29 is 22.0 Å². The zero-order chi connectivity index (χ0) is 13.8. The van der Waals surface area contributed by atoms with Crippen LogP contribution >= 0.6 is 0 Å². The molecule has 2 aliphatic rings. The van der Waals surface area contributed by atoms with Crippen molar-refractivity contribution in [2.75, 3.05) is 13.1 Å². The first kappa shape index (κ1) is 12.3. The predicted octanol–water partition coefficient (Wildman–Crippen LogP) is -1.06. The van der Waals surface area contributed by atoms with Gasteiger partial charge in [0.2, 0.25) is 0 Å². The van der Waals surface area contributed by atoms with Gasteiger partial charge in [-0.3, -0.25) is 9.65 Å². The maximum Gasteiger partial charge on any atom is 0.418 e. The molecule has 4 N–H and O–H groups in total. The van der Waals surface area contributed by atoms with Crippen molar-refractivity contribution in [3.05, 3.63) is 17.5 Å². The number of aromatic amines is 1. The maximum atomic E-state index is 12.1. The molecule has 3 heterocycles. The Morgan fingerprint density at radius 1 is 1.63 bits per heavy atom. The number of nitrogens with one attached hydrogen (secondary N) is 1. The van der Waals surface area contributed by atoms with E-state index in [1.54, 1.807) is 0 Å². The molecule has 19 heavy (non-hydrogen) atoms. The smallest absolute Gasteiger partial charge is 0.328 e. The topological polar surface area (TPSA) is 142 Å². The van der Waals surface area contributed by atoms with Gasteiger partial charge in [-0.05, 0) is 0 Å². The molecule has 10 nitrogen and oxygen atoms in total. The highest BCUT2D eigenvalue weighted by molar-refractivity contribution is 7.80. The number of amides is 2. The average Bonchev–Trinajstić information content (AvgIpc) is 2.89. The lowest BCUT2D eigenvalue weighted by atomic mass is 9.98. The minimum atomic E-state index is -4.77. The Morgan fingerprint density at radius 3 is 3.00 bits per heavy atom. The number of aromatic nitrogens is 2. The van der Waals surface area contributed by atoms with Gasteiger partial charge in [0.25, 0.3) is 0 Å². The third kappa shape index (κ3) is 1.78. The van der Waals surface area contributed by atoms with E-state index in [2.05, 4.69) is 14.5 Å². The van der Waals surface area contributed by atoms with Crippen molar-refractivity contribution >= 4 is 16.4 Å². The molecular weight excluding hydrogens is 278 g/mol. The number of nitrogens with zero attached hydrogens (tertiary/aromatic N) is 3. The summed E-state index contributed by atoms with van der Waals surface area (Å²) >= 11 is 0. The number of carbonyl (C=O) groups excluding carboxylic acids is 1. The Hall–Kier alpha value is -1.69. The number of hydrogen-bond acceptors (Lipinski definition) is 6. The summed E-state index contributed by atoms with van der Waals surface area (Å²) in [5, 5.41) is 7.23. The van der Waals surface area contributed by atoms with E-state index in [-0.39, 0.29) is 13.1 Å². The van der Waals surface area contributed by atoms with Crippen molar-refractivity contribution in [3.8, 4) is 0 Å². The van der Waals surface area contributed by atoms with Crippen molar-refractivity contribution in [1.29, 1.82) is 0 Å². The summed E-state index contributed by atoms with van der Waals surface area (Å²) in [5.74, 6) is 0. The molecule has 1 aromatic heterocycles. The third-order valence-corrected chi connectivity index (χ3v) is 3.60. The van der Waals surface area contributed by atoms with Gasteiger partial charge in [0.15, 0.2) is 0 Å². The van der Waals surface area contributed by atoms with Crippen LogP contribution in [0.4, 0.5) is 4.79 Å². The Morgan fingerprint density at radius 2 is 2.37 bits per heavy atom. The van der Waals surface area contributed by atoms with Crippen LogP contribution in [0.2, 0.25) is 0 Å². The molecule has 1 fully saturated rings. The second-order valence-corrected chi connectivity index (χ2v) is 5.27. The molecule has 0 saturated carbocycles. The molecule has 3 rings (SSSR count). The van der Waals surface area contributed by atoms with Gasteiger partial charge in [0, 0.05) is 12.1 Å². The van der Waals surface area contributed by atoms with Gasteiger partial charge in [0.1, 0.15) is 6.04 Å². The van der Waals surface area contributed by atoms with Crippen molar-refractivity contribution in [2.24, 2.45) is 5.73 Å². The molecule has 2 atom stereocenters. The molecule has 0 aromatic carbocycles. The van der Waals surface area contributed by atoms with E-state index in [1.807, 2.05) is 0 Å². The van der Waals surface area contributed by atoms with Crippen LogP contribution in [0.3, 0.4) is 0 Å². The highest BCUT2D eigenvalue weighted by Crippen LogP contribution is 2.42. The molecule has 1 unspecified atom stereocenters. The second kappa shape index (κ2) is 3.90. The summed E-state index contributed by atoms with van der Waals surface area (Å²) in [4.78, 5) is 13.4. The number of nitrogens with two attached hydrogens (primary N) is 1. The van der Waals surface area contributed by atoms with E-state index in [4.69, 9.17) is 10.3 Å². The monoisotopic (exact) mass is 289 g/mol. The first-order valence-electron chi connectivity index (χ1n) is 5.42. The maximum absolute atomic E-state index is 12.1. The number of carbonyl (C=O) groups is 1. The molecular formula is C8H11N5O5S. The highest BCUT2D eigenvalue weighted by Gasteiger charge is 2.50. The van der Waals surface area contributed by atoms with Gasteiger partial charge in [-0.15, -0.1) is 4.28 Å². The van der Waals surface area contributed by atoms with E-state index in [1.165, 1.54) is 11.1 Å². The van der Waals surface area contributed by atoms with Gasteiger partial charge < -0.3 is 10.6 Å². The van der Waals surface area contributed by atoms with E-state index < -0.39 is 28.5 Å². The summed E-state index contributed by atoms with van der Waals surface area (Å²) in [5.41, 5.74) is 6.90. The van der Waals surface area contributed by atoms with Gasteiger partial charge >= 0.3 is 16.4 Å². The summed E-state index contributed by atoms with van der Waals surface area (Å²) in [7, 11) is -4.77. The normalized spacial score (nSPS) is 25.9. The summed E-state index contributed by atoms with van der Waals surface area (Å²) in [6.45, 7) is 0.385. The lowest BCUT2D eigenvalue weighted by Crippen LogP contribution is -2.38. The standard InChI is InChI=1S/C8H11N5O5S/c9-1-5-7-4(2-10-11-7)6-3-12(5)8(14)13(6)18-19(15,16)17/h2,5-6H,1,3,9H2,(H,10,11)(H,15,16,17)/t5?,6-/m1/s1. The fourth-order valence-electron chi connectivity index (χ4n) is 2.51. The molecule has 0 spiro atoms. The van der Waals surface area contributed by atoms with Crippen LogP contribution in [0.5, 0.6) is 0 Å². The van der Waals surface area contributed by atoms with Crippen LogP contribution in [-0.4, -0.2) is 52.3 Å². The quantitative estimate of drug-likeness (QED) is 0.602. The fraction of sp³-hybridized carbons (Fsp3) is 0.500. The largest absolute Gasteiger partial charge is 0.418 e. The van der Waals surface area contributed by atoms with Crippen molar-refractivity contribution in [1.82, 2.24) is 20.2 Å². The van der Waals surface area contributed by atoms with Crippen LogP contribution in [0.15, 0.2) is 6.20 Å². The van der Waals surface area contributed by atoms with Crippen molar-refractivity contribution in [3.63, 3.8) is 0 Å². The molecule has 1 saturated heterocycles. The third-order valence-electron chi connectivity index (χ3n) is 3.25.